The van der Waals surface area contributed by atoms with E-state index in [9.17, 15) is 4.39 Å². The Morgan fingerprint density at radius 2 is 2.00 bits per heavy atom. The summed E-state index contributed by atoms with van der Waals surface area (Å²) >= 11 is 6.26. The summed E-state index contributed by atoms with van der Waals surface area (Å²) in [5.74, 6) is 0.474. The summed E-state index contributed by atoms with van der Waals surface area (Å²) in [6.45, 7) is 7.20. The zero-order valence-corrected chi connectivity index (χ0v) is 13.3. The van der Waals surface area contributed by atoms with E-state index in [1.807, 2.05) is 13.0 Å². The van der Waals surface area contributed by atoms with Crippen molar-refractivity contribution in [2.75, 3.05) is 13.1 Å². The fourth-order valence-corrected chi connectivity index (χ4v) is 3.35. The van der Waals surface area contributed by atoms with E-state index < -0.39 is 0 Å². The number of hydrogen-bond donors (Lipinski definition) is 0. The molecule has 1 aliphatic heterocycles. The maximum atomic E-state index is 14.0. The predicted octanol–water partition coefficient (Wildman–Crippen LogP) is 3.96. The maximum absolute atomic E-state index is 14.0. The van der Waals surface area contributed by atoms with Crippen LogP contribution < -0.4 is 0 Å². The molecule has 0 spiro atoms. The highest BCUT2D eigenvalue weighted by atomic mass is 35.5. The van der Waals surface area contributed by atoms with Crippen molar-refractivity contribution in [2.24, 2.45) is 0 Å². The van der Waals surface area contributed by atoms with Crippen LogP contribution in [0, 0.1) is 5.82 Å². The first kappa shape index (κ1) is 14.8. The van der Waals surface area contributed by atoms with Crippen molar-refractivity contribution in [2.45, 2.75) is 44.7 Å². The fraction of sp³-hybridized carbons (Fsp3) is 0.562. The number of alkyl halides is 1. The van der Waals surface area contributed by atoms with Gasteiger partial charge in [-0.3, -0.25) is 4.90 Å². The number of nitrogens with zero attached hydrogens (tertiary/aromatic N) is 3. The van der Waals surface area contributed by atoms with Crippen LogP contribution in [-0.2, 0) is 6.54 Å². The third kappa shape index (κ3) is 2.79. The molecule has 0 aliphatic carbocycles. The van der Waals surface area contributed by atoms with Gasteiger partial charge in [0.2, 0.25) is 0 Å². The summed E-state index contributed by atoms with van der Waals surface area (Å²) in [5, 5.41) is -0.234. The minimum absolute atomic E-state index is 0.234. The van der Waals surface area contributed by atoms with E-state index in [0.29, 0.717) is 11.6 Å². The molecule has 0 amide bonds. The van der Waals surface area contributed by atoms with Crippen molar-refractivity contribution in [3.05, 3.63) is 29.8 Å². The molecule has 0 N–H and O–H groups in total. The summed E-state index contributed by atoms with van der Waals surface area (Å²) in [6, 6.07) is 5.51. The molecule has 21 heavy (non-hydrogen) atoms. The summed E-state index contributed by atoms with van der Waals surface area (Å²) in [4.78, 5) is 6.91. The molecule has 1 aromatic carbocycles. The van der Waals surface area contributed by atoms with Crippen molar-refractivity contribution in [3.8, 4) is 0 Å². The van der Waals surface area contributed by atoms with Crippen molar-refractivity contribution in [1.29, 1.82) is 0 Å². The van der Waals surface area contributed by atoms with Gasteiger partial charge in [0.15, 0.2) is 5.82 Å². The quantitative estimate of drug-likeness (QED) is 0.797. The Labute approximate surface area is 129 Å². The summed E-state index contributed by atoms with van der Waals surface area (Å²) in [5.41, 5.74) is 1.26. The number of likely N-dealkylation sites (tertiary alicyclic amines) is 1. The Morgan fingerprint density at radius 1 is 1.29 bits per heavy atom. The van der Waals surface area contributed by atoms with Crippen LogP contribution >= 0.6 is 11.6 Å². The van der Waals surface area contributed by atoms with Gasteiger partial charge in [-0.15, -0.1) is 11.6 Å². The van der Waals surface area contributed by atoms with Gasteiger partial charge in [-0.2, -0.15) is 0 Å². The van der Waals surface area contributed by atoms with Gasteiger partial charge in [-0.25, -0.2) is 9.37 Å². The molecule has 0 radical (unpaired) electrons. The lowest BCUT2D eigenvalue weighted by atomic mass is 10.2. The Hall–Kier alpha value is -1.13. The molecule has 2 atom stereocenters. The molecule has 0 saturated carbocycles. The van der Waals surface area contributed by atoms with Gasteiger partial charge >= 0.3 is 0 Å². The average Bonchev–Trinajstić information content (AvgIpc) is 3.07. The topological polar surface area (TPSA) is 21.1 Å². The highest BCUT2D eigenvalue weighted by molar-refractivity contribution is 6.20. The molecule has 3 nitrogen and oxygen atoms in total. The van der Waals surface area contributed by atoms with E-state index in [4.69, 9.17) is 11.6 Å². The largest absolute Gasteiger partial charge is 0.325 e. The minimum Gasteiger partial charge on any atom is -0.325 e. The zero-order valence-electron chi connectivity index (χ0n) is 12.5. The Morgan fingerprint density at radius 3 is 2.67 bits per heavy atom. The first-order valence-corrected chi connectivity index (χ1v) is 8.04. The van der Waals surface area contributed by atoms with Crippen LogP contribution in [0.15, 0.2) is 18.2 Å². The zero-order chi connectivity index (χ0) is 15.0. The molecule has 1 fully saturated rings. The number of rotatable bonds is 4. The van der Waals surface area contributed by atoms with Crippen LogP contribution in [0.5, 0.6) is 0 Å². The summed E-state index contributed by atoms with van der Waals surface area (Å²) in [7, 11) is 0. The minimum atomic E-state index is -0.279. The number of imidazole rings is 1. The molecular weight excluding hydrogens is 289 g/mol. The van der Waals surface area contributed by atoms with E-state index in [-0.39, 0.29) is 11.2 Å². The second-order valence-corrected chi connectivity index (χ2v) is 6.55. The van der Waals surface area contributed by atoms with Gasteiger partial charge < -0.3 is 4.57 Å². The molecule has 3 rings (SSSR count). The fourth-order valence-electron chi connectivity index (χ4n) is 3.19. The number of halogens is 2. The first-order valence-electron chi connectivity index (χ1n) is 7.60. The SMILES string of the molecule is CC(Cl)c1nc2c(F)cccc2n1CC(C)N1CCCC1. The second kappa shape index (κ2) is 5.93. The van der Waals surface area contributed by atoms with Gasteiger partial charge in [0, 0.05) is 12.6 Å². The molecule has 2 aromatic rings. The molecule has 5 heteroatoms. The average molecular weight is 310 g/mol. The van der Waals surface area contributed by atoms with E-state index in [2.05, 4.69) is 21.4 Å². The Bertz CT molecular complexity index is 632. The molecular formula is C16H21ClFN3. The lowest BCUT2D eigenvalue weighted by Crippen LogP contribution is -2.34. The van der Waals surface area contributed by atoms with Crippen LogP contribution in [0.1, 0.15) is 37.9 Å². The second-order valence-electron chi connectivity index (χ2n) is 5.90. The molecule has 1 saturated heterocycles. The molecule has 2 heterocycles. The van der Waals surface area contributed by atoms with Gasteiger partial charge in [0.05, 0.1) is 10.9 Å². The van der Waals surface area contributed by atoms with E-state index >= 15 is 0 Å². The molecule has 0 bridgehead atoms. The maximum Gasteiger partial charge on any atom is 0.151 e. The molecule has 1 aromatic heterocycles. The van der Waals surface area contributed by atoms with Crippen LogP contribution in [-0.4, -0.2) is 33.6 Å². The van der Waals surface area contributed by atoms with Crippen LogP contribution in [0.2, 0.25) is 0 Å². The number of fused-ring (bicyclic) bond motifs is 1. The van der Waals surface area contributed by atoms with E-state index in [1.165, 1.54) is 18.9 Å². The van der Waals surface area contributed by atoms with Crippen LogP contribution in [0.3, 0.4) is 0 Å². The van der Waals surface area contributed by atoms with Crippen molar-refractivity contribution in [1.82, 2.24) is 14.5 Å². The third-order valence-corrected chi connectivity index (χ3v) is 4.52. The number of para-hydroxylation sites is 1. The highest BCUT2D eigenvalue weighted by Crippen LogP contribution is 2.27. The molecule has 114 valence electrons. The van der Waals surface area contributed by atoms with Crippen molar-refractivity contribution >= 4 is 22.6 Å². The van der Waals surface area contributed by atoms with Crippen LogP contribution in [0.4, 0.5) is 4.39 Å². The lowest BCUT2D eigenvalue weighted by molar-refractivity contribution is 0.236. The van der Waals surface area contributed by atoms with Gasteiger partial charge in [-0.1, -0.05) is 6.07 Å². The van der Waals surface area contributed by atoms with Crippen molar-refractivity contribution < 1.29 is 4.39 Å². The third-order valence-electron chi connectivity index (χ3n) is 4.33. The number of benzene rings is 1. The van der Waals surface area contributed by atoms with E-state index in [0.717, 1.165) is 31.0 Å². The first-order chi connectivity index (χ1) is 10.1. The normalized spacial score (nSPS) is 19.2. The Balaban J connectivity index is 1.99. The smallest absolute Gasteiger partial charge is 0.151 e. The monoisotopic (exact) mass is 309 g/mol. The molecule has 2 unspecified atom stereocenters. The van der Waals surface area contributed by atoms with Gasteiger partial charge in [-0.05, 0) is 51.9 Å². The van der Waals surface area contributed by atoms with Crippen molar-refractivity contribution in [3.63, 3.8) is 0 Å². The van der Waals surface area contributed by atoms with Gasteiger partial charge in [0.1, 0.15) is 11.3 Å². The lowest BCUT2D eigenvalue weighted by Gasteiger charge is -2.25. The van der Waals surface area contributed by atoms with E-state index in [1.54, 1.807) is 6.07 Å². The van der Waals surface area contributed by atoms with Gasteiger partial charge in [0.25, 0.3) is 0 Å². The number of hydrogen-bond acceptors (Lipinski definition) is 2. The number of aromatic nitrogens is 2. The summed E-state index contributed by atoms with van der Waals surface area (Å²) < 4.78 is 16.0. The Kier molecular flexibility index (Phi) is 4.18. The molecule has 1 aliphatic rings. The predicted molar refractivity (Wildman–Crippen MR) is 84.2 cm³/mol. The van der Waals surface area contributed by atoms with Crippen LogP contribution in [0.25, 0.3) is 11.0 Å². The highest BCUT2D eigenvalue weighted by Gasteiger charge is 2.22. The standard InChI is InChI=1S/C16H21ClFN3/c1-11(20-8-3-4-9-20)10-21-14-7-5-6-13(18)15(14)19-16(21)12(2)17/h5-7,11-12H,3-4,8-10H2,1-2H3. The summed E-state index contributed by atoms with van der Waals surface area (Å²) in [6.07, 6.45) is 2.53.